The van der Waals surface area contributed by atoms with Crippen LogP contribution in [-0.2, 0) is 44.8 Å². The number of carbonyl (C=O) groups is 8. The molecule has 24 heteroatoms. The van der Waals surface area contributed by atoms with Gasteiger partial charge in [0.05, 0.1) is 18.6 Å². The summed E-state index contributed by atoms with van der Waals surface area (Å²) >= 11 is 1.47. The van der Waals surface area contributed by atoms with E-state index < -0.39 is 108 Å². The zero-order chi connectivity index (χ0) is 52.9. The number of nitrogens with one attached hydrogen (secondary N) is 11. The molecule has 2 saturated heterocycles. The number of carbonyl (C=O) groups excluding carboxylic acids is 8. The third-order valence-corrected chi connectivity index (χ3v) is 13.3. The number of phenols is 1. The van der Waals surface area contributed by atoms with E-state index in [1.54, 1.807) is 58.7 Å². The summed E-state index contributed by atoms with van der Waals surface area (Å²) in [6.45, 7) is 10.3. The maximum atomic E-state index is 14.5. The Balaban J connectivity index is 2.14. The van der Waals surface area contributed by atoms with Gasteiger partial charge in [-0.2, -0.15) is 11.8 Å². The van der Waals surface area contributed by atoms with Crippen LogP contribution in [0.25, 0.3) is 0 Å². The summed E-state index contributed by atoms with van der Waals surface area (Å²) < 4.78 is 0. The molecule has 0 saturated carbocycles. The maximum absolute atomic E-state index is 14.5. The number of thioether (sulfide) groups is 1. The molecule has 2 heterocycles. The first-order valence-corrected chi connectivity index (χ1v) is 25.7. The number of hydrogen-bond acceptors (Lipinski definition) is 14. The van der Waals surface area contributed by atoms with Crippen LogP contribution in [0.5, 0.6) is 5.75 Å². The molecule has 0 radical (unpaired) electrons. The highest BCUT2D eigenvalue weighted by atomic mass is 32.2. The Kier molecular flexibility index (Phi) is 24.5. The van der Waals surface area contributed by atoms with Crippen LogP contribution < -0.4 is 59.4 Å². The summed E-state index contributed by atoms with van der Waals surface area (Å²) in [5.74, 6) is -7.64. The fourth-order valence-electron chi connectivity index (χ4n) is 8.34. The quantitative estimate of drug-likeness (QED) is 0.0559. The largest absolute Gasteiger partial charge is 0.508 e. The van der Waals surface area contributed by atoms with Gasteiger partial charge >= 0.3 is 0 Å². The molecule has 2 aliphatic rings. The van der Waals surface area contributed by atoms with Gasteiger partial charge in [0.25, 0.3) is 0 Å². The van der Waals surface area contributed by atoms with Gasteiger partial charge in [0.2, 0.25) is 35.4 Å². The van der Waals surface area contributed by atoms with Crippen LogP contribution >= 0.6 is 11.8 Å². The number of hydrazine groups is 1. The molecule has 0 aromatic heterocycles. The minimum Gasteiger partial charge on any atom is -0.508 e. The van der Waals surface area contributed by atoms with Crippen LogP contribution in [-0.4, -0.2) is 150 Å². The topological polar surface area (TPSA) is 368 Å². The third-order valence-electron chi connectivity index (χ3n) is 12.7. The zero-order valence-electron chi connectivity index (χ0n) is 42.1. The van der Waals surface area contributed by atoms with Crippen LogP contribution in [0.1, 0.15) is 92.1 Å². The summed E-state index contributed by atoms with van der Waals surface area (Å²) in [7, 11) is 0. The first kappa shape index (κ1) is 59.3. The van der Waals surface area contributed by atoms with Crippen molar-refractivity contribution < 1.29 is 43.5 Å². The summed E-state index contributed by atoms with van der Waals surface area (Å²) in [5, 5.41) is 48.5. The molecular formula is C47H78N14O9S. The number of nitrogens with zero attached hydrogens (tertiary/aromatic N) is 1. The van der Waals surface area contributed by atoms with Crippen LogP contribution in [0.4, 0.5) is 0 Å². The van der Waals surface area contributed by atoms with Gasteiger partial charge in [0.15, 0.2) is 23.5 Å². The molecule has 0 bridgehead atoms. The van der Waals surface area contributed by atoms with Gasteiger partial charge in [0, 0.05) is 37.9 Å². The van der Waals surface area contributed by atoms with Gasteiger partial charge in [-0.3, -0.25) is 49.2 Å². The Morgan fingerprint density at radius 1 is 0.704 bits per heavy atom. The molecule has 0 aliphatic carbocycles. The smallest absolute Gasteiger partial charge is 0.243 e. The van der Waals surface area contributed by atoms with Crippen LogP contribution in [0, 0.1) is 34.5 Å². The predicted molar refractivity (Wildman–Crippen MR) is 270 cm³/mol. The van der Waals surface area contributed by atoms with E-state index in [-0.39, 0.29) is 74.4 Å². The lowest BCUT2D eigenvalue weighted by atomic mass is 9.82. The van der Waals surface area contributed by atoms with Gasteiger partial charge in [-0.25, -0.2) is 10.4 Å². The Bertz CT molecular complexity index is 2030. The summed E-state index contributed by atoms with van der Waals surface area (Å²) in [4.78, 5) is 113. The fourth-order valence-corrected chi connectivity index (χ4v) is 8.82. The Hall–Kier alpha value is -6.01. The van der Waals surface area contributed by atoms with Crippen molar-refractivity contribution in [1.29, 1.82) is 10.8 Å². The third kappa shape index (κ3) is 19.3. The highest BCUT2D eigenvalue weighted by Crippen LogP contribution is 2.26. The van der Waals surface area contributed by atoms with Crippen molar-refractivity contribution in [1.82, 2.24) is 53.0 Å². The Morgan fingerprint density at radius 2 is 1.23 bits per heavy atom. The monoisotopic (exact) mass is 1010 g/mol. The minimum atomic E-state index is -1.30. The van der Waals surface area contributed by atoms with E-state index in [0.717, 1.165) is 0 Å². The number of hydrogen-bond donors (Lipinski definition) is 14. The van der Waals surface area contributed by atoms with Crippen LogP contribution in [0.2, 0.25) is 0 Å². The average Bonchev–Trinajstić information content (AvgIpc) is 3.78. The van der Waals surface area contributed by atoms with Crippen LogP contribution in [0.15, 0.2) is 24.3 Å². The van der Waals surface area contributed by atoms with Crippen molar-refractivity contribution in [2.24, 2.45) is 35.1 Å². The molecule has 1 aromatic carbocycles. The lowest BCUT2D eigenvalue weighted by molar-refractivity contribution is -0.138. The summed E-state index contributed by atoms with van der Waals surface area (Å²) in [5.41, 5.74) is 14.8. The van der Waals surface area contributed by atoms with E-state index in [9.17, 15) is 43.5 Å². The standard InChI is InChI=1S/C47H78N14O9S/c1-25(2)37-44(69)55-31(18-22-71-7)39(64)27(5)28(6)40(65)35-13-10-21-61(35)60-33(12-9-20-53-47(50)51)42(67)57-34(23-29-14-16-30(62)17-15-29)43(68)59-38(26(3)4)45(70)56-32(11-8-19-52-46(48)49)41(66)54-24-36(63)58-37/h14-17,25-28,31-35,37-38,60,62H,8-13,18-24H2,1-7H3,(H,54,66)(H,55,69)(H,56,70)(H,57,67)(H,58,63)(H,59,68)(H4,48,49,52)(H4,50,51,53)/t27?,28?,31-,32-,33-,34-,35-,37-,38-/m0/s1. The van der Waals surface area contributed by atoms with Crippen molar-refractivity contribution in [3.8, 4) is 5.75 Å². The second kappa shape index (κ2) is 29.4. The number of ketones is 2. The SMILES string of the molecule is CSCC[C@@H]1NC(=O)[C@H](C(C)C)NC(=O)CNC(=O)[C@H](CCCNC(=N)N)NC(=O)[C@H](C(C)C)NC(=O)[C@H](Cc2ccc(O)cc2)NC(=O)[C@H](CCCNC(=N)N)NN2CCC[C@H]2C(=O)C(C)C(C)C1=O. The number of fused-ring (bicyclic) bond motifs is 1. The fraction of sp³-hybridized carbons (Fsp3) is 0.660. The number of guanidine groups is 2. The number of Topliss-reactive ketones (excluding diaryl/α,β-unsaturated/α-hetero) is 2. The van der Waals surface area contributed by atoms with E-state index >= 15 is 0 Å². The van der Waals surface area contributed by atoms with Crippen molar-refractivity contribution in [2.45, 2.75) is 135 Å². The number of rotatable bonds is 15. The second-order valence-corrected chi connectivity index (χ2v) is 19.9. The molecule has 3 rings (SSSR count). The lowest BCUT2D eigenvalue weighted by Gasteiger charge is -2.33. The Morgan fingerprint density at radius 3 is 1.79 bits per heavy atom. The molecule has 71 heavy (non-hydrogen) atoms. The second-order valence-electron chi connectivity index (χ2n) is 19.0. The van der Waals surface area contributed by atoms with E-state index in [2.05, 4.69) is 48.0 Å². The molecule has 396 valence electrons. The molecular weight excluding hydrogens is 937 g/mol. The summed E-state index contributed by atoms with van der Waals surface area (Å²) in [6.07, 6.45) is 3.75. The number of aromatic hydroxyl groups is 1. The number of benzene rings is 1. The molecule has 16 N–H and O–H groups in total. The van der Waals surface area contributed by atoms with Gasteiger partial charge in [-0.1, -0.05) is 53.7 Å². The molecule has 2 unspecified atom stereocenters. The zero-order valence-corrected chi connectivity index (χ0v) is 42.9. The minimum absolute atomic E-state index is 0.0110. The average molecular weight is 1020 g/mol. The van der Waals surface area contributed by atoms with Crippen molar-refractivity contribution in [3.05, 3.63) is 29.8 Å². The van der Waals surface area contributed by atoms with E-state index in [1.165, 1.54) is 23.9 Å². The predicted octanol–water partition coefficient (Wildman–Crippen LogP) is -1.17. The van der Waals surface area contributed by atoms with E-state index in [0.29, 0.717) is 37.1 Å². The van der Waals surface area contributed by atoms with Crippen molar-refractivity contribution in [3.63, 3.8) is 0 Å². The highest BCUT2D eigenvalue weighted by Gasteiger charge is 2.41. The molecule has 2 aliphatic heterocycles. The lowest BCUT2D eigenvalue weighted by Crippen LogP contribution is -2.61. The van der Waals surface area contributed by atoms with Crippen LogP contribution in [0.3, 0.4) is 0 Å². The highest BCUT2D eigenvalue weighted by molar-refractivity contribution is 7.98. The molecule has 9 atom stereocenters. The number of nitrogens with two attached hydrogens (primary N) is 2. The van der Waals surface area contributed by atoms with Crippen molar-refractivity contribution in [2.75, 3.05) is 38.2 Å². The van der Waals surface area contributed by atoms with Gasteiger partial charge in [0.1, 0.15) is 36.0 Å². The van der Waals surface area contributed by atoms with E-state index in [4.69, 9.17) is 22.3 Å². The molecule has 6 amide bonds. The first-order chi connectivity index (χ1) is 33.5. The van der Waals surface area contributed by atoms with E-state index in [1.807, 2.05) is 6.26 Å². The van der Waals surface area contributed by atoms with Gasteiger partial charge < -0.3 is 59.1 Å². The molecule has 2 fully saturated rings. The molecule has 23 nitrogen and oxygen atoms in total. The number of phenolic OH excluding ortho intramolecular Hbond substituents is 1. The van der Waals surface area contributed by atoms with Gasteiger partial charge in [-0.05, 0) is 86.5 Å². The number of amides is 6. The molecule has 1 aromatic rings. The maximum Gasteiger partial charge on any atom is 0.243 e. The van der Waals surface area contributed by atoms with Gasteiger partial charge in [-0.15, -0.1) is 0 Å². The first-order valence-electron chi connectivity index (χ1n) is 24.4. The molecule has 0 spiro atoms. The van der Waals surface area contributed by atoms with Crippen molar-refractivity contribution >= 4 is 70.7 Å². The normalized spacial score (nSPS) is 26.4. The Labute approximate surface area is 420 Å². The summed E-state index contributed by atoms with van der Waals surface area (Å²) in [6, 6.07) is -1.70.